The van der Waals surface area contributed by atoms with Crippen molar-refractivity contribution in [1.29, 1.82) is 0 Å². The van der Waals surface area contributed by atoms with Crippen molar-refractivity contribution < 1.29 is 19.1 Å². The lowest BCUT2D eigenvalue weighted by atomic mass is 10.1. The molecule has 2 N–H and O–H groups in total. The van der Waals surface area contributed by atoms with E-state index in [2.05, 4.69) is 34.3 Å². The Morgan fingerprint density at radius 3 is 2.48 bits per heavy atom. The van der Waals surface area contributed by atoms with Crippen molar-refractivity contribution in [2.24, 2.45) is 0 Å². The maximum absolute atomic E-state index is 12.3. The highest BCUT2D eigenvalue weighted by Crippen LogP contribution is 2.30. The Labute approximate surface area is 191 Å². The molecule has 33 heavy (non-hydrogen) atoms. The predicted molar refractivity (Wildman–Crippen MR) is 128 cm³/mol. The van der Waals surface area contributed by atoms with E-state index in [1.807, 2.05) is 43.3 Å². The first-order valence-corrected chi connectivity index (χ1v) is 10.8. The summed E-state index contributed by atoms with van der Waals surface area (Å²) in [6.07, 6.45) is 0. The van der Waals surface area contributed by atoms with Crippen molar-refractivity contribution in [2.45, 2.75) is 20.4 Å². The molecule has 7 heteroatoms. The summed E-state index contributed by atoms with van der Waals surface area (Å²) in [4.78, 5) is 36.3. The highest BCUT2D eigenvalue weighted by atomic mass is 16.5. The number of ether oxygens (including phenoxy) is 1. The van der Waals surface area contributed by atoms with Crippen LogP contribution in [-0.4, -0.2) is 35.5 Å². The van der Waals surface area contributed by atoms with Gasteiger partial charge in [-0.15, -0.1) is 0 Å². The number of hydrogen-bond acceptors (Lipinski definition) is 4. The minimum Gasteiger partial charge on any atom is -0.454 e. The van der Waals surface area contributed by atoms with Crippen molar-refractivity contribution in [3.63, 3.8) is 0 Å². The molecular formula is C26H25N3O4. The zero-order chi connectivity index (χ0) is 23.4. The number of para-hydroxylation sites is 1. The summed E-state index contributed by atoms with van der Waals surface area (Å²) in [5.41, 5.74) is 4.25. The summed E-state index contributed by atoms with van der Waals surface area (Å²) < 4.78 is 7.22. The van der Waals surface area contributed by atoms with Gasteiger partial charge in [0, 0.05) is 39.6 Å². The maximum atomic E-state index is 12.3. The van der Waals surface area contributed by atoms with Gasteiger partial charge < -0.3 is 19.9 Å². The van der Waals surface area contributed by atoms with Crippen LogP contribution in [0, 0.1) is 6.92 Å². The van der Waals surface area contributed by atoms with E-state index in [9.17, 15) is 14.4 Å². The Morgan fingerprint density at radius 2 is 1.70 bits per heavy atom. The smallest absolute Gasteiger partial charge is 0.325 e. The van der Waals surface area contributed by atoms with Crippen molar-refractivity contribution in [2.75, 3.05) is 18.5 Å². The molecule has 7 nitrogen and oxygen atoms in total. The summed E-state index contributed by atoms with van der Waals surface area (Å²) in [7, 11) is 0. The summed E-state index contributed by atoms with van der Waals surface area (Å²) in [5.74, 6) is -1.51. The number of hydrogen-bond donors (Lipinski definition) is 2. The molecule has 168 valence electrons. The molecule has 0 aliphatic carbocycles. The number of carbonyl (C=O) groups excluding carboxylic acids is 3. The third kappa shape index (κ3) is 4.87. The molecule has 4 aromatic rings. The van der Waals surface area contributed by atoms with Crippen molar-refractivity contribution >= 4 is 45.3 Å². The number of esters is 1. The Morgan fingerprint density at radius 1 is 0.909 bits per heavy atom. The van der Waals surface area contributed by atoms with Gasteiger partial charge in [0.25, 0.3) is 11.8 Å². The quantitative estimate of drug-likeness (QED) is 0.422. The topological polar surface area (TPSA) is 89.4 Å². The van der Waals surface area contributed by atoms with Crippen LogP contribution in [0.3, 0.4) is 0 Å². The van der Waals surface area contributed by atoms with Crippen LogP contribution in [0.2, 0.25) is 0 Å². The molecule has 0 saturated carbocycles. The van der Waals surface area contributed by atoms with Crippen LogP contribution in [0.25, 0.3) is 21.8 Å². The minimum absolute atomic E-state index is 0.317. The molecule has 2 amide bonds. The second-order valence-corrected chi connectivity index (χ2v) is 7.75. The number of nitrogens with one attached hydrogen (secondary N) is 2. The highest BCUT2D eigenvalue weighted by molar-refractivity contribution is 6.10. The van der Waals surface area contributed by atoms with Crippen molar-refractivity contribution in [3.8, 4) is 0 Å². The molecule has 0 fully saturated rings. The van der Waals surface area contributed by atoms with Gasteiger partial charge in [0.2, 0.25) is 0 Å². The molecule has 3 aromatic carbocycles. The predicted octanol–water partition coefficient (Wildman–Crippen LogP) is 4.03. The van der Waals surface area contributed by atoms with E-state index in [1.165, 1.54) is 0 Å². The van der Waals surface area contributed by atoms with Gasteiger partial charge in [-0.3, -0.25) is 14.4 Å². The van der Waals surface area contributed by atoms with E-state index >= 15 is 0 Å². The fraction of sp³-hybridized carbons (Fsp3) is 0.192. The zero-order valence-electron chi connectivity index (χ0n) is 18.6. The summed E-state index contributed by atoms with van der Waals surface area (Å²) >= 11 is 0. The molecule has 1 aromatic heterocycles. The van der Waals surface area contributed by atoms with E-state index in [0.29, 0.717) is 11.3 Å². The molecule has 0 radical (unpaired) electrons. The second kappa shape index (κ2) is 9.56. The van der Waals surface area contributed by atoms with Crippen LogP contribution in [0.5, 0.6) is 0 Å². The summed E-state index contributed by atoms with van der Waals surface area (Å²) in [6.45, 7) is 4.06. The molecule has 0 bridgehead atoms. The van der Waals surface area contributed by atoms with Gasteiger partial charge in [0.05, 0.1) is 0 Å². The molecular weight excluding hydrogens is 418 g/mol. The number of benzene rings is 3. The van der Waals surface area contributed by atoms with Crippen LogP contribution in [-0.2, 0) is 20.9 Å². The van der Waals surface area contributed by atoms with E-state index in [-0.39, 0.29) is 12.5 Å². The first-order valence-electron chi connectivity index (χ1n) is 10.8. The maximum Gasteiger partial charge on any atom is 0.325 e. The van der Waals surface area contributed by atoms with Crippen LogP contribution in [0.15, 0.2) is 66.7 Å². The van der Waals surface area contributed by atoms with Crippen LogP contribution < -0.4 is 10.6 Å². The normalized spacial score (nSPS) is 10.8. The molecule has 0 saturated heterocycles. The Hall–Kier alpha value is -4.13. The highest BCUT2D eigenvalue weighted by Gasteiger charge is 2.13. The second-order valence-electron chi connectivity index (χ2n) is 7.75. The molecule has 0 atom stereocenters. The van der Waals surface area contributed by atoms with Gasteiger partial charge in [0.15, 0.2) is 6.61 Å². The van der Waals surface area contributed by atoms with Crippen LogP contribution >= 0.6 is 0 Å². The lowest BCUT2D eigenvalue weighted by Crippen LogP contribution is -2.32. The van der Waals surface area contributed by atoms with E-state index in [1.54, 1.807) is 18.2 Å². The van der Waals surface area contributed by atoms with Gasteiger partial charge in [0.1, 0.15) is 6.54 Å². The molecule has 0 spiro atoms. The first-order chi connectivity index (χ1) is 16.0. The number of anilines is 1. The van der Waals surface area contributed by atoms with Crippen LogP contribution in [0.1, 0.15) is 22.8 Å². The van der Waals surface area contributed by atoms with Gasteiger partial charge in [-0.25, -0.2) is 0 Å². The number of carbonyl (C=O) groups is 3. The molecule has 0 aliphatic rings. The number of nitrogens with zero attached hydrogens (tertiary/aromatic N) is 1. The zero-order valence-corrected chi connectivity index (χ0v) is 18.6. The summed E-state index contributed by atoms with van der Waals surface area (Å²) in [6, 6.07) is 20.9. The molecule has 4 rings (SSSR count). The van der Waals surface area contributed by atoms with E-state index in [4.69, 9.17) is 4.74 Å². The summed E-state index contributed by atoms with van der Waals surface area (Å²) in [5, 5.41) is 7.42. The number of aromatic nitrogens is 1. The number of rotatable bonds is 7. The van der Waals surface area contributed by atoms with Gasteiger partial charge >= 0.3 is 5.97 Å². The lowest BCUT2D eigenvalue weighted by molar-refractivity contribution is -0.146. The first kappa shape index (κ1) is 22.1. The van der Waals surface area contributed by atoms with Gasteiger partial charge in [-0.05, 0) is 50.2 Å². The lowest BCUT2D eigenvalue weighted by Gasteiger charge is -2.08. The van der Waals surface area contributed by atoms with Crippen molar-refractivity contribution in [1.82, 2.24) is 9.88 Å². The number of amides is 2. The fourth-order valence-corrected chi connectivity index (χ4v) is 3.91. The number of fused-ring (bicyclic) bond motifs is 3. The Balaban J connectivity index is 1.33. The van der Waals surface area contributed by atoms with Gasteiger partial charge in [-0.1, -0.05) is 35.9 Å². The van der Waals surface area contributed by atoms with E-state index < -0.39 is 18.5 Å². The van der Waals surface area contributed by atoms with Crippen molar-refractivity contribution in [3.05, 3.63) is 77.9 Å². The Kier molecular flexibility index (Phi) is 6.40. The minimum atomic E-state index is -0.687. The van der Waals surface area contributed by atoms with E-state index in [0.717, 1.165) is 33.9 Å². The largest absolute Gasteiger partial charge is 0.454 e. The molecule has 0 aliphatic heterocycles. The standard InChI is InChI=1S/C26H25N3O4/c1-3-29-22-10-5-4-9-20(22)21-14-19(11-12-23(21)29)28-24(30)16-33-25(31)15-27-26(32)18-8-6-7-17(2)13-18/h4-14H,3,15-16H2,1-2H3,(H,27,32)(H,28,30). The Bertz CT molecular complexity index is 1360. The SMILES string of the molecule is CCn1c2ccccc2c2cc(NC(=O)COC(=O)CNC(=O)c3cccc(C)c3)ccc21. The fourth-order valence-electron chi connectivity index (χ4n) is 3.91. The average molecular weight is 444 g/mol. The number of aryl methyl sites for hydroxylation is 2. The average Bonchev–Trinajstić information content (AvgIpc) is 3.14. The third-order valence-corrected chi connectivity index (χ3v) is 5.41. The van der Waals surface area contributed by atoms with Gasteiger partial charge in [-0.2, -0.15) is 0 Å². The third-order valence-electron chi connectivity index (χ3n) is 5.41. The molecule has 0 unspecified atom stereocenters. The van der Waals surface area contributed by atoms with Crippen LogP contribution in [0.4, 0.5) is 5.69 Å². The monoisotopic (exact) mass is 443 g/mol. The molecule has 1 heterocycles.